The van der Waals surface area contributed by atoms with Crippen LogP contribution in [0.15, 0.2) is 18.2 Å². The summed E-state index contributed by atoms with van der Waals surface area (Å²) >= 11 is 0. The average Bonchev–Trinajstić information content (AvgIpc) is 2.32. The lowest BCUT2D eigenvalue weighted by Gasteiger charge is -2.15. The van der Waals surface area contributed by atoms with Gasteiger partial charge >= 0.3 is 6.03 Å². The Morgan fingerprint density at radius 3 is 2.74 bits per heavy atom. The number of hydrogen-bond acceptors (Lipinski definition) is 3. The van der Waals surface area contributed by atoms with Gasteiger partial charge in [-0.05, 0) is 25.0 Å². The minimum atomic E-state index is -0.544. The third-order valence-corrected chi connectivity index (χ3v) is 2.42. The predicted octanol–water partition coefficient (Wildman–Crippen LogP) is 2.05. The molecule has 0 heterocycles. The van der Waals surface area contributed by atoms with Crippen LogP contribution in [-0.4, -0.2) is 18.6 Å². The molecule has 0 atom stereocenters. The second-order valence-corrected chi connectivity index (χ2v) is 3.97. The molecule has 0 saturated heterocycles. The van der Waals surface area contributed by atoms with Crippen LogP contribution in [0.2, 0.25) is 0 Å². The van der Waals surface area contributed by atoms with Crippen LogP contribution in [0.25, 0.3) is 0 Å². The van der Waals surface area contributed by atoms with Crippen molar-refractivity contribution in [3.63, 3.8) is 0 Å². The van der Waals surface area contributed by atoms with E-state index in [9.17, 15) is 4.79 Å². The Kier molecular flexibility index (Phi) is 5.66. The second-order valence-electron chi connectivity index (χ2n) is 3.97. The summed E-state index contributed by atoms with van der Waals surface area (Å²) in [7, 11) is 0. The highest BCUT2D eigenvalue weighted by Crippen LogP contribution is 2.29. The summed E-state index contributed by atoms with van der Waals surface area (Å²) in [5.74, 6) is 0.218. The molecule has 1 aromatic carbocycles. The molecule has 1 aromatic rings. The first-order valence-electron chi connectivity index (χ1n) is 6.25. The molecule has 19 heavy (non-hydrogen) atoms. The van der Waals surface area contributed by atoms with Gasteiger partial charge in [0, 0.05) is 0 Å². The molecule has 0 aliphatic heterocycles. The molecule has 1 rings (SSSR count). The normalized spacial score (nSPS) is 9.79. The maximum Gasteiger partial charge on any atom is 0.326 e. The summed E-state index contributed by atoms with van der Waals surface area (Å²) < 4.78 is 5.50. The Hall–Kier alpha value is -2.24. The fourth-order valence-corrected chi connectivity index (χ4v) is 1.74. The fourth-order valence-electron chi connectivity index (χ4n) is 1.74. The number of hydrogen-bond donors (Lipinski definition) is 4. The number of para-hydroxylation sites is 1. The van der Waals surface area contributed by atoms with E-state index in [1.807, 2.05) is 19.1 Å². The minimum Gasteiger partial charge on any atom is -0.492 e. The molecule has 0 spiro atoms. The van der Waals surface area contributed by atoms with E-state index < -0.39 is 12.0 Å². The van der Waals surface area contributed by atoms with E-state index in [2.05, 4.69) is 17.6 Å². The number of guanidine groups is 1. The van der Waals surface area contributed by atoms with Crippen molar-refractivity contribution in [3.8, 4) is 5.75 Å². The number of benzene rings is 1. The van der Waals surface area contributed by atoms with Gasteiger partial charge in [-0.1, -0.05) is 25.5 Å². The van der Waals surface area contributed by atoms with Gasteiger partial charge in [0.1, 0.15) is 5.75 Å². The van der Waals surface area contributed by atoms with E-state index in [4.69, 9.17) is 15.9 Å². The zero-order chi connectivity index (χ0) is 14.3. The molecule has 5 N–H and O–H groups in total. The first-order valence-corrected chi connectivity index (χ1v) is 6.25. The molecule has 0 fully saturated rings. The topological polar surface area (TPSA) is 100 Å². The van der Waals surface area contributed by atoms with Crippen LogP contribution < -0.4 is 21.1 Å². The monoisotopic (exact) mass is 264 g/mol. The van der Waals surface area contributed by atoms with Gasteiger partial charge in [-0.25, -0.2) is 4.79 Å². The third-order valence-electron chi connectivity index (χ3n) is 2.42. The van der Waals surface area contributed by atoms with Crippen molar-refractivity contribution in [1.29, 1.82) is 5.41 Å². The van der Waals surface area contributed by atoms with Crippen molar-refractivity contribution in [3.05, 3.63) is 23.8 Å². The molecule has 0 radical (unpaired) electrons. The number of ether oxygens (including phenoxy) is 1. The summed E-state index contributed by atoms with van der Waals surface area (Å²) in [6, 6.07) is 5.09. The van der Waals surface area contributed by atoms with Crippen molar-refractivity contribution >= 4 is 17.7 Å². The van der Waals surface area contributed by atoms with Gasteiger partial charge in [-0.2, -0.15) is 0 Å². The van der Waals surface area contributed by atoms with Gasteiger partial charge in [-0.15, -0.1) is 0 Å². The number of carbonyl (C=O) groups is 1. The highest BCUT2D eigenvalue weighted by Gasteiger charge is 2.12. The summed E-state index contributed by atoms with van der Waals surface area (Å²) in [5, 5.41) is 11.9. The maximum absolute atomic E-state index is 11.6. The highest BCUT2D eigenvalue weighted by molar-refractivity contribution is 6.01. The largest absolute Gasteiger partial charge is 0.492 e. The van der Waals surface area contributed by atoms with E-state index in [-0.39, 0.29) is 0 Å². The zero-order valence-electron chi connectivity index (χ0n) is 11.2. The standard InChI is InChI=1S/C13H20N4O2/c1-3-6-9-7-5-8-10(19-4-2)11(9)16-13(18)17-12(14)15/h5,7-8H,3-4,6H2,1-2H3,(H5,14,15,16,17,18). The molecule has 0 unspecified atom stereocenters. The Morgan fingerprint density at radius 1 is 1.42 bits per heavy atom. The average molecular weight is 264 g/mol. The Balaban J connectivity index is 2.99. The molecule has 6 heteroatoms. The molecule has 0 bridgehead atoms. The second kappa shape index (κ2) is 7.25. The fraction of sp³-hybridized carbons (Fsp3) is 0.385. The number of anilines is 1. The van der Waals surface area contributed by atoms with Gasteiger partial charge < -0.3 is 15.8 Å². The molecule has 0 aliphatic carbocycles. The number of nitrogens with one attached hydrogen (secondary N) is 3. The van der Waals surface area contributed by atoms with E-state index in [1.165, 1.54) is 0 Å². The molecule has 0 saturated carbocycles. The molecule has 6 nitrogen and oxygen atoms in total. The van der Waals surface area contributed by atoms with Gasteiger partial charge in [0.15, 0.2) is 5.96 Å². The summed E-state index contributed by atoms with van der Waals surface area (Å²) in [6.45, 7) is 4.46. The van der Waals surface area contributed by atoms with Crippen LogP contribution in [0, 0.1) is 5.41 Å². The van der Waals surface area contributed by atoms with Crippen LogP contribution in [0.3, 0.4) is 0 Å². The predicted molar refractivity (Wildman–Crippen MR) is 75.7 cm³/mol. The molecule has 104 valence electrons. The van der Waals surface area contributed by atoms with Crippen LogP contribution in [-0.2, 0) is 6.42 Å². The van der Waals surface area contributed by atoms with E-state index in [0.717, 1.165) is 18.4 Å². The Morgan fingerprint density at radius 2 is 2.16 bits per heavy atom. The number of urea groups is 1. The number of carbonyl (C=O) groups excluding carboxylic acids is 1. The lowest BCUT2D eigenvalue weighted by atomic mass is 10.1. The van der Waals surface area contributed by atoms with Gasteiger partial charge in [0.2, 0.25) is 0 Å². The van der Waals surface area contributed by atoms with Crippen LogP contribution in [0.1, 0.15) is 25.8 Å². The van der Waals surface area contributed by atoms with E-state index >= 15 is 0 Å². The van der Waals surface area contributed by atoms with Crippen molar-refractivity contribution < 1.29 is 9.53 Å². The molecular formula is C13H20N4O2. The van der Waals surface area contributed by atoms with Crippen LogP contribution in [0.4, 0.5) is 10.5 Å². The molecule has 0 aromatic heterocycles. The molecule has 2 amide bonds. The summed E-state index contributed by atoms with van der Waals surface area (Å²) in [5.41, 5.74) is 6.74. The van der Waals surface area contributed by atoms with Gasteiger partial charge in [0.25, 0.3) is 0 Å². The lowest BCUT2D eigenvalue weighted by molar-refractivity contribution is 0.255. The van der Waals surface area contributed by atoms with Crippen molar-refractivity contribution in [2.24, 2.45) is 5.73 Å². The number of nitrogens with two attached hydrogens (primary N) is 1. The van der Waals surface area contributed by atoms with Crippen molar-refractivity contribution in [2.45, 2.75) is 26.7 Å². The van der Waals surface area contributed by atoms with Crippen molar-refractivity contribution in [2.75, 3.05) is 11.9 Å². The molecular weight excluding hydrogens is 244 g/mol. The summed E-state index contributed by atoms with van der Waals surface area (Å²) in [6.07, 6.45) is 1.79. The third kappa shape index (κ3) is 4.50. The quantitative estimate of drug-likeness (QED) is 0.483. The van der Waals surface area contributed by atoms with Gasteiger partial charge in [-0.3, -0.25) is 10.7 Å². The Labute approximate surface area is 112 Å². The minimum absolute atomic E-state index is 0.400. The highest BCUT2D eigenvalue weighted by atomic mass is 16.5. The Bertz CT molecular complexity index is 436. The molecule has 0 aliphatic rings. The van der Waals surface area contributed by atoms with E-state index in [1.54, 1.807) is 6.07 Å². The first kappa shape index (κ1) is 14.8. The van der Waals surface area contributed by atoms with Crippen LogP contribution >= 0.6 is 0 Å². The maximum atomic E-state index is 11.6. The lowest BCUT2D eigenvalue weighted by Crippen LogP contribution is -2.38. The number of amides is 2. The van der Waals surface area contributed by atoms with Gasteiger partial charge in [0.05, 0.1) is 12.3 Å². The smallest absolute Gasteiger partial charge is 0.326 e. The first-order chi connectivity index (χ1) is 9.08. The number of rotatable bonds is 5. The SMILES string of the molecule is CCCc1cccc(OCC)c1NC(=O)NC(=N)N. The van der Waals surface area contributed by atoms with E-state index in [0.29, 0.717) is 18.0 Å². The number of aryl methyl sites for hydroxylation is 1. The van der Waals surface area contributed by atoms with Crippen LogP contribution in [0.5, 0.6) is 5.75 Å². The zero-order valence-corrected chi connectivity index (χ0v) is 11.2. The summed E-state index contributed by atoms with van der Waals surface area (Å²) in [4.78, 5) is 11.6. The van der Waals surface area contributed by atoms with Crippen molar-refractivity contribution in [1.82, 2.24) is 5.32 Å².